The number of morpholine rings is 1. The van der Waals surface area contributed by atoms with Gasteiger partial charge in [0.15, 0.2) is 0 Å². The molecule has 1 spiro atoms. The maximum absolute atomic E-state index is 14.7. The molecule has 0 saturated carbocycles. The molecule has 1 N–H and O–H groups in total. The molecule has 6 atom stereocenters. The lowest BCUT2D eigenvalue weighted by Crippen LogP contribution is -2.58. The van der Waals surface area contributed by atoms with Crippen LogP contribution in [0, 0.1) is 11.8 Å². The number of rotatable bonds is 14. The minimum Gasteiger partial charge on any atom is -0.465 e. The number of thioether (sulfide) groups is 1. The molecule has 42 heavy (non-hydrogen) atoms. The van der Waals surface area contributed by atoms with Crippen LogP contribution in [0.15, 0.2) is 55.6 Å². The van der Waals surface area contributed by atoms with E-state index in [9.17, 15) is 19.5 Å². The lowest BCUT2D eigenvalue weighted by Gasteiger charge is -2.40. The molecule has 228 valence electrons. The van der Waals surface area contributed by atoms with Crippen molar-refractivity contribution in [2.75, 3.05) is 59.2 Å². The third-order valence-corrected chi connectivity index (χ3v) is 11.1. The van der Waals surface area contributed by atoms with E-state index in [1.54, 1.807) is 33.7 Å². The third-order valence-electron chi connectivity index (χ3n) is 9.18. The molecule has 1 aromatic carbocycles. The highest BCUT2D eigenvalue weighted by molar-refractivity contribution is 8.02. The van der Waals surface area contributed by atoms with Crippen molar-refractivity contribution in [2.24, 2.45) is 11.8 Å². The van der Waals surface area contributed by atoms with Gasteiger partial charge in [-0.1, -0.05) is 42.5 Å². The zero-order valence-corrected chi connectivity index (χ0v) is 25.1. The molecule has 0 aliphatic carbocycles. The first-order valence-corrected chi connectivity index (χ1v) is 15.9. The molecule has 0 aromatic heterocycles. The molecule has 4 saturated heterocycles. The number of benzene rings is 1. The van der Waals surface area contributed by atoms with E-state index in [-0.39, 0.29) is 36.2 Å². The largest absolute Gasteiger partial charge is 0.465 e. The van der Waals surface area contributed by atoms with Crippen LogP contribution in [0.5, 0.6) is 0 Å². The first-order valence-electron chi connectivity index (χ1n) is 15.1. The van der Waals surface area contributed by atoms with Gasteiger partial charge in [-0.05, 0) is 31.2 Å². The summed E-state index contributed by atoms with van der Waals surface area (Å²) < 4.78 is 10.3. The molecule has 9 nitrogen and oxygen atoms in total. The highest BCUT2D eigenvalue weighted by atomic mass is 32.2. The molecular weight excluding hydrogens is 554 g/mol. The second-order valence-electron chi connectivity index (χ2n) is 11.6. The molecule has 2 amide bonds. The van der Waals surface area contributed by atoms with Crippen molar-refractivity contribution in [3.05, 3.63) is 61.2 Å². The average Bonchev–Trinajstić information content (AvgIpc) is 3.66. The lowest BCUT2D eigenvalue weighted by molar-refractivity contribution is -0.154. The Hall–Kier alpha value is -2.66. The summed E-state index contributed by atoms with van der Waals surface area (Å²) in [6, 6.07) is 8.31. The van der Waals surface area contributed by atoms with Crippen LogP contribution in [0.25, 0.3) is 0 Å². The van der Waals surface area contributed by atoms with Gasteiger partial charge in [-0.3, -0.25) is 19.3 Å². The maximum Gasteiger partial charge on any atom is 0.310 e. The molecular formula is C32H43N3O6S. The fourth-order valence-corrected chi connectivity index (χ4v) is 9.40. The SMILES string of the molecule is C=CCCOC(=O)[C@@H]1[C@H]2C(=O)N([C@@H](CO)Cc3ccccc3)C(C(=O)N(CC=C)CCN3CCOCC3)C23CC[C@H]1S3. The first-order chi connectivity index (χ1) is 20.4. The van der Waals surface area contributed by atoms with Gasteiger partial charge in [-0.2, -0.15) is 0 Å². The van der Waals surface area contributed by atoms with Gasteiger partial charge in [0.2, 0.25) is 11.8 Å². The van der Waals surface area contributed by atoms with E-state index < -0.39 is 28.7 Å². The number of aliphatic hydroxyl groups excluding tert-OH is 1. The summed E-state index contributed by atoms with van der Waals surface area (Å²) in [5, 5.41) is 10.6. The van der Waals surface area contributed by atoms with Crippen LogP contribution in [-0.4, -0.2) is 119 Å². The van der Waals surface area contributed by atoms with E-state index in [4.69, 9.17) is 9.47 Å². The van der Waals surface area contributed by atoms with Gasteiger partial charge in [0.05, 0.1) is 49.1 Å². The van der Waals surface area contributed by atoms with Crippen molar-refractivity contribution < 1.29 is 29.0 Å². The van der Waals surface area contributed by atoms with Gasteiger partial charge in [0.1, 0.15) is 6.04 Å². The summed E-state index contributed by atoms with van der Waals surface area (Å²) in [6.07, 6.45) is 5.77. The molecule has 4 aliphatic heterocycles. The predicted octanol–water partition coefficient (Wildman–Crippen LogP) is 2.15. The minimum atomic E-state index is -0.790. The van der Waals surface area contributed by atoms with Crippen molar-refractivity contribution in [2.45, 2.75) is 47.8 Å². The molecule has 4 fully saturated rings. The van der Waals surface area contributed by atoms with Crippen LogP contribution < -0.4 is 0 Å². The zero-order valence-electron chi connectivity index (χ0n) is 24.3. The fraction of sp³-hybridized carbons (Fsp3) is 0.594. The maximum atomic E-state index is 14.7. The van der Waals surface area contributed by atoms with Gasteiger partial charge in [-0.15, -0.1) is 24.9 Å². The van der Waals surface area contributed by atoms with Crippen LogP contribution >= 0.6 is 11.8 Å². The van der Waals surface area contributed by atoms with Crippen molar-refractivity contribution in [3.8, 4) is 0 Å². The number of likely N-dealkylation sites (tertiary alicyclic amines) is 1. The third kappa shape index (κ3) is 5.91. The van der Waals surface area contributed by atoms with E-state index >= 15 is 0 Å². The van der Waals surface area contributed by atoms with Crippen molar-refractivity contribution in [3.63, 3.8) is 0 Å². The zero-order chi connectivity index (χ0) is 29.7. The number of carbonyl (C=O) groups excluding carboxylic acids is 3. The normalized spacial score (nSPS) is 29.3. The molecule has 4 aliphatic rings. The summed E-state index contributed by atoms with van der Waals surface area (Å²) in [5.74, 6) is -2.02. The van der Waals surface area contributed by atoms with E-state index in [0.29, 0.717) is 52.1 Å². The van der Waals surface area contributed by atoms with Crippen LogP contribution in [0.2, 0.25) is 0 Å². The smallest absolute Gasteiger partial charge is 0.310 e. The van der Waals surface area contributed by atoms with Gasteiger partial charge in [0, 0.05) is 38.0 Å². The topological polar surface area (TPSA) is 99.6 Å². The predicted molar refractivity (Wildman–Crippen MR) is 162 cm³/mol. The van der Waals surface area contributed by atoms with E-state index in [2.05, 4.69) is 18.1 Å². The summed E-state index contributed by atoms with van der Waals surface area (Å²) in [6.45, 7) is 12.0. The Balaban J connectivity index is 1.48. The Morgan fingerprint density at radius 2 is 1.98 bits per heavy atom. The number of nitrogens with zero attached hydrogens (tertiary/aromatic N) is 3. The molecule has 1 aromatic rings. The number of carbonyl (C=O) groups is 3. The summed E-state index contributed by atoms with van der Waals surface area (Å²) in [4.78, 5) is 48.3. The number of esters is 1. The number of hydrogen-bond donors (Lipinski definition) is 1. The summed E-state index contributed by atoms with van der Waals surface area (Å²) >= 11 is 1.62. The van der Waals surface area contributed by atoms with E-state index in [0.717, 1.165) is 25.1 Å². The highest BCUT2D eigenvalue weighted by Crippen LogP contribution is 2.67. The first kappa shape index (κ1) is 30.8. The Morgan fingerprint density at radius 1 is 1.21 bits per heavy atom. The minimum absolute atomic E-state index is 0.0736. The number of fused-ring (bicyclic) bond motifs is 1. The monoisotopic (exact) mass is 597 g/mol. The van der Waals surface area contributed by atoms with Gasteiger partial charge in [-0.25, -0.2) is 0 Å². The molecule has 2 unspecified atom stereocenters. The summed E-state index contributed by atoms with van der Waals surface area (Å²) in [7, 11) is 0. The Bertz CT molecular complexity index is 1140. The van der Waals surface area contributed by atoms with E-state index in [1.807, 2.05) is 30.3 Å². The van der Waals surface area contributed by atoms with Crippen molar-refractivity contribution >= 4 is 29.5 Å². The number of aliphatic hydroxyl groups is 1. The number of hydrogen-bond acceptors (Lipinski definition) is 8. The second kappa shape index (κ2) is 13.8. The number of ether oxygens (including phenoxy) is 2. The summed E-state index contributed by atoms with van der Waals surface area (Å²) in [5.41, 5.74) is 0.970. The van der Waals surface area contributed by atoms with Crippen LogP contribution in [0.1, 0.15) is 24.8 Å². The molecule has 2 bridgehead atoms. The standard InChI is InChI=1S/C32H43N3O6S/c1-3-5-18-41-31(39)26-25-11-12-32(42-25)27(26)29(37)35(24(22-36)21-23-9-7-6-8-10-23)28(32)30(38)34(13-4-2)15-14-33-16-19-40-20-17-33/h3-4,6-10,24-28,36H,1-2,5,11-22H2/t24-,25-,26+,27+,28?,32?/m1/s1. The quantitative estimate of drug-likeness (QED) is 0.198. The van der Waals surface area contributed by atoms with Gasteiger partial charge >= 0.3 is 5.97 Å². The second-order valence-corrected chi connectivity index (χ2v) is 13.2. The van der Waals surface area contributed by atoms with Gasteiger partial charge in [0.25, 0.3) is 0 Å². The van der Waals surface area contributed by atoms with Gasteiger partial charge < -0.3 is 24.4 Å². The van der Waals surface area contributed by atoms with Crippen molar-refractivity contribution in [1.29, 1.82) is 0 Å². The Morgan fingerprint density at radius 3 is 2.67 bits per heavy atom. The Kier molecular flexibility index (Phi) is 10.1. The van der Waals surface area contributed by atoms with Crippen molar-refractivity contribution in [1.82, 2.24) is 14.7 Å². The molecule has 5 rings (SSSR count). The van der Waals surface area contributed by atoms with E-state index in [1.165, 1.54) is 0 Å². The number of amides is 2. The fourth-order valence-electron chi connectivity index (χ4n) is 7.21. The molecule has 0 radical (unpaired) electrons. The molecule has 4 heterocycles. The lowest BCUT2D eigenvalue weighted by atomic mass is 9.71. The van der Waals surface area contributed by atoms with Crippen LogP contribution in [0.4, 0.5) is 0 Å². The highest BCUT2D eigenvalue weighted by Gasteiger charge is 2.74. The Labute approximate surface area is 252 Å². The van der Waals surface area contributed by atoms with Crippen LogP contribution in [-0.2, 0) is 30.3 Å². The van der Waals surface area contributed by atoms with Crippen LogP contribution in [0.3, 0.4) is 0 Å². The average molecular weight is 598 g/mol. The molecule has 10 heteroatoms.